The first-order chi connectivity index (χ1) is 13.4. The van der Waals surface area contributed by atoms with Gasteiger partial charge in [0.2, 0.25) is 6.79 Å². The molecular weight excluding hydrogens is 370 g/mol. The van der Waals surface area contributed by atoms with Crippen molar-refractivity contribution < 1.29 is 38.1 Å². The SMILES string of the molecule is COC(=O)N[C@H]1C[C@H](OC(C)=O)[C@@H](OC(C)=O)C[C@@H]1c1ccc2c(c1)OCO2. The Morgan fingerprint density at radius 3 is 2.29 bits per heavy atom. The summed E-state index contributed by atoms with van der Waals surface area (Å²) in [6.07, 6.45) is -1.28. The Labute approximate surface area is 162 Å². The summed E-state index contributed by atoms with van der Waals surface area (Å²) in [4.78, 5) is 34.9. The Balaban J connectivity index is 1.90. The fraction of sp³-hybridized carbons (Fsp3) is 0.526. The lowest BCUT2D eigenvalue weighted by Crippen LogP contribution is -2.51. The van der Waals surface area contributed by atoms with Crippen molar-refractivity contribution >= 4 is 18.0 Å². The highest BCUT2D eigenvalue weighted by molar-refractivity contribution is 5.68. The van der Waals surface area contributed by atoms with Crippen LogP contribution in [0.5, 0.6) is 11.5 Å². The number of hydrogen-bond acceptors (Lipinski definition) is 8. The lowest BCUT2D eigenvalue weighted by Gasteiger charge is -2.40. The minimum Gasteiger partial charge on any atom is -0.459 e. The van der Waals surface area contributed by atoms with E-state index in [4.69, 9.17) is 23.7 Å². The van der Waals surface area contributed by atoms with Crippen LogP contribution in [0.3, 0.4) is 0 Å². The van der Waals surface area contributed by atoms with Crippen LogP contribution in [0, 0.1) is 0 Å². The fourth-order valence-corrected chi connectivity index (χ4v) is 3.69. The van der Waals surface area contributed by atoms with Crippen LogP contribution in [0.2, 0.25) is 0 Å². The molecule has 9 nitrogen and oxygen atoms in total. The third-order valence-electron chi connectivity index (χ3n) is 4.82. The summed E-state index contributed by atoms with van der Waals surface area (Å²) >= 11 is 0. The molecule has 1 heterocycles. The Bertz CT molecular complexity index is 764. The number of carbonyl (C=O) groups excluding carboxylic acids is 3. The molecule has 1 aliphatic carbocycles. The van der Waals surface area contributed by atoms with Gasteiger partial charge in [0.25, 0.3) is 0 Å². The molecule has 3 rings (SSSR count). The molecule has 2 aliphatic rings. The van der Waals surface area contributed by atoms with E-state index in [0.29, 0.717) is 17.9 Å². The molecule has 1 N–H and O–H groups in total. The van der Waals surface area contributed by atoms with E-state index >= 15 is 0 Å². The van der Waals surface area contributed by atoms with Crippen molar-refractivity contribution in [2.75, 3.05) is 13.9 Å². The van der Waals surface area contributed by atoms with Crippen LogP contribution in [0.4, 0.5) is 4.79 Å². The van der Waals surface area contributed by atoms with Gasteiger partial charge in [-0.05, 0) is 24.1 Å². The molecule has 1 saturated carbocycles. The average molecular weight is 393 g/mol. The number of benzene rings is 1. The van der Waals surface area contributed by atoms with Crippen molar-refractivity contribution in [1.29, 1.82) is 0 Å². The van der Waals surface area contributed by atoms with Crippen molar-refractivity contribution in [1.82, 2.24) is 5.32 Å². The topological polar surface area (TPSA) is 109 Å². The van der Waals surface area contributed by atoms with Gasteiger partial charge in [-0.2, -0.15) is 0 Å². The lowest BCUT2D eigenvalue weighted by atomic mass is 9.77. The third kappa shape index (κ3) is 4.47. The van der Waals surface area contributed by atoms with Crippen molar-refractivity contribution in [2.45, 2.75) is 50.9 Å². The van der Waals surface area contributed by atoms with Crippen LogP contribution in [0.25, 0.3) is 0 Å². The molecule has 4 atom stereocenters. The molecule has 0 spiro atoms. The number of amides is 1. The highest BCUT2D eigenvalue weighted by Gasteiger charge is 2.42. The predicted molar refractivity (Wildman–Crippen MR) is 95.0 cm³/mol. The van der Waals surface area contributed by atoms with Crippen LogP contribution in [-0.4, -0.2) is 50.2 Å². The molecular formula is C19H23NO8. The summed E-state index contributed by atoms with van der Waals surface area (Å²) < 4.78 is 26.3. The zero-order valence-electron chi connectivity index (χ0n) is 15.9. The van der Waals surface area contributed by atoms with Gasteiger partial charge in [0.15, 0.2) is 11.5 Å². The maximum atomic E-state index is 11.9. The molecule has 0 saturated heterocycles. The highest BCUT2D eigenvalue weighted by Crippen LogP contribution is 2.41. The quantitative estimate of drug-likeness (QED) is 0.610. The van der Waals surface area contributed by atoms with Gasteiger partial charge in [-0.1, -0.05) is 6.07 Å². The van der Waals surface area contributed by atoms with Gasteiger partial charge in [0.1, 0.15) is 12.2 Å². The molecule has 1 aliphatic heterocycles. The minimum atomic E-state index is -0.672. The van der Waals surface area contributed by atoms with E-state index in [-0.39, 0.29) is 19.1 Å². The first-order valence-electron chi connectivity index (χ1n) is 8.96. The maximum Gasteiger partial charge on any atom is 0.407 e. The molecule has 28 heavy (non-hydrogen) atoms. The van der Waals surface area contributed by atoms with E-state index in [1.165, 1.54) is 21.0 Å². The second-order valence-corrected chi connectivity index (χ2v) is 6.73. The number of rotatable bonds is 4. The van der Waals surface area contributed by atoms with Crippen LogP contribution in [0.1, 0.15) is 38.2 Å². The van der Waals surface area contributed by atoms with Gasteiger partial charge in [0.05, 0.1) is 7.11 Å². The first-order valence-corrected chi connectivity index (χ1v) is 8.96. The Morgan fingerprint density at radius 1 is 1.00 bits per heavy atom. The predicted octanol–water partition coefficient (Wildman–Crippen LogP) is 1.88. The number of methoxy groups -OCH3 is 1. The Kier molecular flexibility index (Phi) is 5.91. The smallest absolute Gasteiger partial charge is 0.407 e. The van der Waals surface area contributed by atoms with Gasteiger partial charge < -0.3 is 29.0 Å². The number of carbonyl (C=O) groups is 3. The lowest BCUT2D eigenvalue weighted by molar-refractivity contribution is -0.170. The van der Waals surface area contributed by atoms with Crippen molar-refractivity contribution in [3.8, 4) is 11.5 Å². The van der Waals surface area contributed by atoms with Gasteiger partial charge >= 0.3 is 18.0 Å². The zero-order chi connectivity index (χ0) is 20.3. The van der Waals surface area contributed by atoms with Gasteiger partial charge in [-0.3, -0.25) is 9.59 Å². The summed E-state index contributed by atoms with van der Waals surface area (Å²) in [6.45, 7) is 2.74. The third-order valence-corrected chi connectivity index (χ3v) is 4.82. The summed E-state index contributed by atoms with van der Waals surface area (Å²) in [7, 11) is 1.28. The average Bonchev–Trinajstić information content (AvgIpc) is 3.10. The second kappa shape index (κ2) is 8.37. The molecule has 1 fully saturated rings. The number of nitrogens with one attached hydrogen (secondary N) is 1. The molecule has 1 aromatic rings. The van der Waals surface area contributed by atoms with Crippen LogP contribution < -0.4 is 14.8 Å². The molecule has 0 bridgehead atoms. The van der Waals surface area contributed by atoms with Gasteiger partial charge in [0, 0.05) is 32.2 Å². The van der Waals surface area contributed by atoms with Crippen LogP contribution in [0.15, 0.2) is 18.2 Å². The Morgan fingerprint density at radius 2 is 1.64 bits per heavy atom. The normalized spacial score (nSPS) is 25.5. The highest BCUT2D eigenvalue weighted by atomic mass is 16.7. The first kappa shape index (κ1) is 19.8. The number of hydrogen-bond donors (Lipinski definition) is 1. The van der Waals surface area contributed by atoms with Gasteiger partial charge in [-0.15, -0.1) is 0 Å². The monoisotopic (exact) mass is 393 g/mol. The van der Waals surface area contributed by atoms with E-state index in [2.05, 4.69) is 5.32 Å². The zero-order valence-corrected chi connectivity index (χ0v) is 15.9. The summed E-state index contributed by atoms with van der Waals surface area (Å²) in [5.74, 6) is 0.0862. The largest absolute Gasteiger partial charge is 0.459 e. The number of ether oxygens (including phenoxy) is 5. The van der Waals surface area contributed by atoms with Crippen LogP contribution >= 0.6 is 0 Å². The molecule has 9 heteroatoms. The molecule has 1 aromatic carbocycles. The van der Waals surface area contributed by atoms with Crippen molar-refractivity contribution in [3.05, 3.63) is 23.8 Å². The number of fused-ring (bicyclic) bond motifs is 1. The number of esters is 2. The molecule has 1 amide bonds. The van der Waals surface area contributed by atoms with E-state index in [0.717, 1.165) is 5.56 Å². The maximum absolute atomic E-state index is 11.9. The molecule has 152 valence electrons. The standard InChI is InChI=1S/C19H23NO8/c1-10(21)27-17-7-13(12-4-5-15-16(6-12)26-9-25-15)14(20-19(23)24-3)8-18(17)28-11(2)22/h4-6,13-14,17-18H,7-9H2,1-3H3,(H,20,23)/t13-,14+,17+,18+/m1/s1. The summed E-state index contributed by atoms with van der Waals surface area (Å²) in [5.41, 5.74) is 0.879. The number of alkyl carbamates (subject to hydrolysis) is 1. The van der Waals surface area contributed by atoms with Crippen LogP contribution in [-0.2, 0) is 23.8 Å². The van der Waals surface area contributed by atoms with Gasteiger partial charge in [-0.25, -0.2) is 4.79 Å². The minimum absolute atomic E-state index is 0.151. The summed E-state index contributed by atoms with van der Waals surface area (Å²) in [6, 6.07) is 5.12. The molecule has 0 aromatic heterocycles. The van der Waals surface area contributed by atoms with E-state index in [9.17, 15) is 14.4 Å². The van der Waals surface area contributed by atoms with E-state index in [1.54, 1.807) is 6.07 Å². The molecule has 0 radical (unpaired) electrons. The Hall–Kier alpha value is -2.97. The fourth-order valence-electron chi connectivity index (χ4n) is 3.69. The molecule has 0 unspecified atom stereocenters. The summed E-state index contributed by atoms with van der Waals surface area (Å²) in [5, 5.41) is 2.80. The second-order valence-electron chi connectivity index (χ2n) is 6.73. The van der Waals surface area contributed by atoms with E-state index in [1.807, 2.05) is 12.1 Å². The van der Waals surface area contributed by atoms with E-state index < -0.39 is 36.3 Å². The van der Waals surface area contributed by atoms with Crippen molar-refractivity contribution in [2.24, 2.45) is 0 Å². The van der Waals surface area contributed by atoms with Crippen molar-refractivity contribution in [3.63, 3.8) is 0 Å².